The Kier molecular flexibility index (Phi) is 5.45. The van der Waals surface area contributed by atoms with E-state index >= 15 is 0 Å². The lowest BCUT2D eigenvalue weighted by atomic mass is 10.2. The zero-order valence-corrected chi connectivity index (χ0v) is 10.1. The monoisotopic (exact) mass is 228 g/mol. The van der Waals surface area contributed by atoms with E-state index in [0.717, 1.165) is 18.8 Å². The first-order chi connectivity index (χ1) is 7.72. The first kappa shape index (κ1) is 13.2. The highest BCUT2D eigenvalue weighted by Gasteiger charge is 2.20. The molecule has 1 atom stereocenters. The van der Waals surface area contributed by atoms with Gasteiger partial charge in [0.25, 0.3) is 0 Å². The van der Waals surface area contributed by atoms with Gasteiger partial charge in [-0.3, -0.25) is 0 Å². The second-order valence-electron chi connectivity index (χ2n) is 3.65. The molecule has 92 valence electrons. The molecule has 1 aromatic rings. The summed E-state index contributed by atoms with van der Waals surface area (Å²) in [7, 11) is 3.02. The van der Waals surface area contributed by atoms with E-state index in [-0.39, 0.29) is 0 Å². The lowest BCUT2D eigenvalue weighted by Crippen LogP contribution is -2.32. The SMILES string of the molecule is CCCn1ccnc1CC(O)C(OC)OC. The summed E-state index contributed by atoms with van der Waals surface area (Å²) in [6, 6.07) is 0. The number of aromatic nitrogens is 2. The Bertz CT molecular complexity index is 297. The van der Waals surface area contributed by atoms with E-state index in [4.69, 9.17) is 9.47 Å². The van der Waals surface area contributed by atoms with Crippen molar-refractivity contribution in [3.63, 3.8) is 0 Å². The van der Waals surface area contributed by atoms with Gasteiger partial charge in [-0.05, 0) is 6.42 Å². The fraction of sp³-hybridized carbons (Fsp3) is 0.727. The molecular weight excluding hydrogens is 208 g/mol. The molecule has 1 heterocycles. The van der Waals surface area contributed by atoms with Crippen molar-refractivity contribution in [1.82, 2.24) is 9.55 Å². The van der Waals surface area contributed by atoms with E-state index < -0.39 is 12.4 Å². The number of hydrogen-bond donors (Lipinski definition) is 1. The molecule has 5 nitrogen and oxygen atoms in total. The zero-order chi connectivity index (χ0) is 12.0. The van der Waals surface area contributed by atoms with E-state index in [2.05, 4.69) is 11.9 Å². The molecule has 0 aliphatic heterocycles. The Morgan fingerprint density at radius 2 is 2.12 bits per heavy atom. The maximum Gasteiger partial charge on any atom is 0.183 e. The molecule has 0 saturated carbocycles. The van der Waals surface area contributed by atoms with Crippen LogP contribution in [-0.4, -0.2) is 41.3 Å². The van der Waals surface area contributed by atoms with Crippen LogP contribution in [-0.2, 0) is 22.4 Å². The number of hydrogen-bond acceptors (Lipinski definition) is 4. The molecule has 0 fully saturated rings. The van der Waals surface area contributed by atoms with Gasteiger partial charge in [0.1, 0.15) is 11.9 Å². The number of aryl methyl sites for hydroxylation is 1. The van der Waals surface area contributed by atoms with Gasteiger partial charge in [-0.1, -0.05) is 6.92 Å². The first-order valence-corrected chi connectivity index (χ1v) is 5.46. The van der Waals surface area contributed by atoms with Crippen LogP contribution in [0.5, 0.6) is 0 Å². The number of imidazole rings is 1. The Morgan fingerprint density at radius 3 is 2.69 bits per heavy atom. The van der Waals surface area contributed by atoms with Gasteiger partial charge < -0.3 is 19.1 Å². The molecule has 5 heteroatoms. The zero-order valence-electron chi connectivity index (χ0n) is 10.1. The van der Waals surface area contributed by atoms with Crippen molar-refractivity contribution in [2.45, 2.75) is 38.7 Å². The number of methoxy groups -OCH3 is 2. The van der Waals surface area contributed by atoms with Gasteiger partial charge >= 0.3 is 0 Å². The predicted molar refractivity (Wildman–Crippen MR) is 60.0 cm³/mol. The molecule has 16 heavy (non-hydrogen) atoms. The fourth-order valence-electron chi connectivity index (χ4n) is 1.67. The van der Waals surface area contributed by atoms with Gasteiger partial charge in [-0.25, -0.2) is 4.98 Å². The van der Waals surface area contributed by atoms with Crippen LogP contribution < -0.4 is 0 Å². The minimum atomic E-state index is -0.701. The van der Waals surface area contributed by atoms with Crippen LogP contribution in [0.3, 0.4) is 0 Å². The van der Waals surface area contributed by atoms with Gasteiger partial charge in [0.15, 0.2) is 6.29 Å². The normalized spacial score (nSPS) is 13.3. The van der Waals surface area contributed by atoms with E-state index in [1.165, 1.54) is 14.2 Å². The second kappa shape index (κ2) is 6.62. The van der Waals surface area contributed by atoms with Crippen molar-refractivity contribution in [2.75, 3.05) is 14.2 Å². The van der Waals surface area contributed by atoms with Crippen LogP contribution in [0.4, 0.5) is 0 Å². The number of rotatable bonds is 7. The van der Waals surface area contributed by atoms with Crippen molar-refractivity contribution >= 4 is 0 Å². The van der Waals surface area contributed by atoms with Gasteiger partial charge in [0, 0.05) is 39.6 Å². The highest BCUT2D eigenvalue weighted by atomic mass is 16.7. The van der Waals surface area contributed by atoms with Crippen molar-refractivity contribution in [3.05, 3.63) is 18.2 Å². The molecule has 0 aromatic carbocycles. The van der Waals surface area contributed by atoms with Crippen LogP contribution in [0.15, 0.2) is 12.4 Å². The molecule has 0 saturated heterocycles. The van der Waals surface area contributed by atoms with Crippen LogP contribution in [0, 0.1) is 0 Å². The topological polar surface area (TPSA) is 56.5 Å². The van der Waals surface area contributed by atoms with E-state index in [0.29, 0.717) is 6.42 Å². The minimum absolute atomic E-state index is 0.430. The Labute approximate surface area is 96.0 Å². The van der Waals surface area contributed by atoms with Gasteiger partial charge in [0.2, 0.25) is 0 Å². The number of nitrogens with zero attached hydrogens (tertiary/aromatic N) is 2. The first-order valence-electron chi connectivity index (χ1n) is 5.46. The van der Waals surface area contributed by atoms with Gasteiger partial charge in [0.05, 0.1) is 0 Å². The highest BCUT2D eigenvalue weighted by molar-refractivity contribution is 4.94. The molecule has 0 aliphatic carbocycles. The molecule has 1 rings (SSSR count). The summed E-state index contributed by atoms with van der Waals surface area (Å²) in [4.78, 5) is 4.22. The highest BCUT2D eigenvalue weighted by Crippen LogP contribution is 2.08. The molecule has 0 bridgehead atoms. The third-order valence-electron chi connectivity index (χ3n) is 2.44. The Hall–Kier alpha value is -0.910. The average Bonchev–Trinajstić information content (AvgIpc) is 2.68. The van der Waals surface area contributed by atoms with Crippen molar-refractivity contribution < 1.29 is 14.6 Å². The van der Waals surface area contributed by atoms with Gasteiger partial charge in [-0.15, -0.1) is 0 Å². The largest absolute Gasteiger partial charge is 0.387 e. The third kappa shape index (κ3) is 3.30. The number of aliphatic hydroxyl groups is 1. The number of ether oxygens (including phenoxy) is 2. The smallest absolute Gasteiger partial charge is 0.183 e. The molecule has 0 spiro atoms. The molecule has 1 unspecified atom stereocenters. The summed E-state index contributed by atoms with van der Waals surface area (Å²) in [5, 5.41) is 9.87. The van der Waals surface area contributed by atoms with Crippen LogP contribution in [0.25, 0.3) is 0 Å². The number of aliphatic hydroxyl groups excluding tert-OH is 1. The Morgan fingerprint density at radius 1 is 1.44 bits per heavy atom. The van der Waals surface area contributed by atoms with Crippen molar-refractivity contribution in [2.24, 2.45) is 0 Å². The third-order valence-corrected chi connectivity index (χ3v) is 2.44. The summed E-state index contributed by atoms with van der Waals surface area (Å²) in [5.74, 6) is 0.855. The molecule has 0 radical (unpaired) electrons. The summed E-state index contributed by atoms with van der Waals surface area (Å²) in [6.07, 6.45) is 3.82. The summed E-state index contributed by atoms with van der Waals surface area (Å²) >= 11 is 0. The second-order valence-corrected chi connectivity index (χ2v) is 3.65. The quantitative estimate of drug-likeness (QED) is 0.702. The maximum absolute atomic E-state index is 9.87. The molecular formula is C11H20N2O3. The standard InChI is InChI=1S/C11H20N2O3/c1-4-6-13-7-5-12-10(13)8-9(14)11(15-2)16-3/h5,7,9,11,14H,4,6,8H2,1-3H3. The predicted octanol–water partition coefficient (Wildman–Crippen LogP) is 0.815. The minimum Gasteiger partial charge on any atom is -0.387 e. The fourth-order valence-corrected chi connectivity index (χ4v) is 1.67. The van der Waals surface area contributed by atoms with Crippen LogP contribution in [0.2, 0.25) is 0 Å². The molecule has 1 N–H and O–H groups in total. The average molecular weight is 228 g/mol. The Balaban J connectivity index is 2.61. The van der Waals surface area contributed by atoms with Crippen molar-refractivity contribution in [1.29, 1.82) is 0 Å². The van der Waals surface area contributed by atoms with E-state index in [1.54, 1.807) is 6.20 Å². The summed E-state index contributed by atoms with van der Waals surface area (Å²) < 4.78 is 12.0. The lowest BCUT2D eigenvalue weighted by Gasteiger charge is -2.19. The lowest BCUT2D eigenvalue weighted by molar-refractivity contribution is -0.163. The van der Waals surface area contributed by atoms with E-state index in [1.807, 2.05) is 10.8 Å². The van der Waals surface area contributed by atoms with Crippen molar-refractivity contribution in [3.8, 4) is 0 Å². The summed E-state index contributed by atoms with van der Waals surface area (Å²) in [6.45, 7) is 3.01. The maximum atomic E-state index is 9.87. The van der Waals surface area contributed by atoms with Crippen LogP contribution in [0.1, 0.15) is 19.2 Å². The molecule has 0 amide bonds. The summed E-state index contributed by atoms with van der Waals surface area (Å²) in [5.41, 5.74) is 0. The molecule has 0 aliphatic rings. The van der Waals surface area contributed by atoms with E-state index in [9.17, 15) is 5.11 Å². The molecule has 1 aromatic heterocycles. The van der Waals surface area contributed by atoms with Gasteiger partial charge in [-0.2, -0.15) is 0 Å². The van der Waals surface area contributed by atoms with Crippen LogP contribution >= 0.6 is 0 Å².